The third-order valence-corrected chi connectivity index (χ3v) is 2.14. The Morgan fingerprint density at radius 2 is 2.21 bits per heavy atom. The summed E-state index contributed by atoms with van der Waals surface area (Å²) >= 11 is 0. The Morgan fingerprint density at radius 1 is 1.50 bits per heavy atom. The number of rotatable bonds is 1. The lowest BCUT2D eigenvalue weighted by molar-refractivity contribution is -0.119. The largest absolute Gasteiger partial charge is 0.366 e. The van der Waals surface area contributed by atoms with Crippen LogP contribution >= 0.6 is 0 Å². The average Bonchev–Trinajstić information content (AvgIpc) is 2.42. The molecule has 14 heavy (non-hydrogen) atoms. The summed E-state index contributed by atoms with van der Waals surface area (Å²) < 4.78 is 13.0. The van der Waals surface area contributed by atoms with Gasteiger partial charge in [-0.3, -0.25) is 9.59 Å². The number of hydrogen-bond acceptors (Lipinski definition) is 2. The first-order chi connectivity index (χ1) is 6.59. The van der Waals surface area contributed by atoms with Crippen LogP contribution in [0.1, 0.15) is 15.9 Å². The summed E-state index contributed by atoms with van der Waals surface area (Å²) in [5, 5.41) is 0.0834. The van der Waals surface area contributed by atoms with Crippen molar-refractivity contribution in [1.29, 1.82) is 0 Å². The Kier molecular flexibility index (Phi) is 1.73. The smallest absolute Gasteiger partial charge is 0.259 e. The molecule has 0 bridgehead atoms. The fourth-order valence-corrected chi connectivity index (χ4v) is 1.44. The number of primary amides is 1. The zero-order chi connectivity index (χ0) is 10.3. The van der Waals surface area contributed by atoms with E-state index in [-0.39, 0.29) is 22.8 Å². The van der Waals surface area contributed by atoms with Crippen molar-refractivity contribution >= 4 is 17.5 Å². The second-order valence-electron chi connectivity index (χ2n) is 3.06. The number of hydrogen-bond donors (Lipinski definition) is 1. The maximum absolute atomic E-state index is 13.0. The van der Waals surface area contributed by atoms with E-state index in [0.717, 1.165) is 0 Å². The highest BCUT2D eigenvalue weighted by Gasteiger charge is 2.27. The fraction of sp³-hybridized carbons (Fsp3) is 0.111. The van der Waals surface area contributed by atoms with Crippen molar-refractivity contribution in [3.8, 4) is 0 Å². The predicted molar refractivity (Wildman–Crippen MR) is 47.3 cm³/mol. The van der Waals surface area contributed by atoms with E-state index in [2.05, 4.69) is 0 Å². The van der Waals surface area contributed by atoms with Gasteiger partial charge in [0, 0.05) is 5.56 Å². The van der Waals surface area contributed by atoms with Crippen molar-refractivity contribution in [3.63, 3.8) is 0 Å². The maximum atomic E-state index is 13.0. The second kappa shape index (κ2) is 2.80. The molecule has 0 saturated carbocycles. The number of halogens is 1. The molecule has 0 radical (unpaired) electrons. The van der Waals surface area contributed by atoms with Crippen LogP contribution in [0, 0.1) is 0 Å². The molecule has 0 unspecified atom stereocenters. The molecule has 1 aromatic carbocycles. The highest BCUT2D eigenvalue weighted by molar-refractivity contribution is 6.01. The van der Waals surface area contributed by atoms with Crippen LogP contribution in [-0.2, 0) is 11.2 Å². The van der Waals surface area contributed by atoms with Crippen molar-refractivity contribution in [2.45, 2.75) is 6.42 Å². The minimum absolute atomic E-state index is 0.0209. The van der Waals surface area contributed by atoms with Crippen molar-refractivity contribution in [1.82, 2.24) is 0 Å². The molecule has 2 rings (SSSR count). The molecule has 0 spiro atoms. The van der Waals surface area contributed by atoms with Gasteiger partial charge in [-0.2, -0.15) is 0 Å². The van der Waals surface area contributed by atoms with Crippen LogP contribution in [0.4, 0.5) is 10.2 Å². The molecule has 1 aliphatic rings. The monoisotopic (exact) mass is 194 g/mol. The van der Waals surface area contributed by atoms with Gasteiger partial charge >= 0.3 is 0 Å². The van der Waals surface area contributed by atoms with E-state index in [0.29, 0.717) is 5.56 Å². The number of anilines is 1. The second-order valence-corrected chi connectivity index (χ2v) is 3.06. The van der Waals surface area contributed by atoms with E-state index in [9.17, 15) is 14.1 Å². The summed E-state index contributed by atoms with van der Waals surface area (Å²) in [6, 6.07) is 4.21. The average molecular weight is 194 g/mol. The minimum Gasteiger partial charge on any atom is -0.366 e. The first-order valence-electron chi connectivity index (χ1n) is 4.01. The van der Waals surface area contributed by atoms with Crippen LogP contribution in [0.15, 0.2) is 18.2 Å². The molecule has 1 heterocycles. The Bertz CT molecular complexity index is 431. The predicted octanol–water partition coefficient (Wildman–Crippen LogP) is 0.559. The highest BCUT2D eigenvalue weighted by Crippen LogP contribution is 2.29. The van der Waals surface area contributed by atoms with Gasteiger partial charge in [0.05, 0.1) is 12.1 Å². The topological polar surface area (TPSA) is 63.4 Å². The van der Waals surface area contributed by atoms with Crippen LogP contribution in [-0.4, -0.2) is 11.8 Å². The molecular weight excluding hydrogens is 187 g/mol. The summed E-state index contributed by atoms with van der Waals surface area (Å²) in [6.07, 6.45) is -0.0209. The molecule has 0 atom stereocenters. The summed E-state index contributed by atoms with van der Waals surface area (Å²) in [4.78, 5) is 21.7. The lowest BCUT2D eigenvalue weighted by atomic mass is 10.1. The number of nitrogens with two attached hydrogens (primary N) is 1. The van der Waals surface area contributed by atoms with E-state index < -0.39 is 11.8 Å². The van der Waals surface area contributed by atoms with Gasteiger partial charge in [0.25, 0.3) is 5.91 Å². The fourth-order valence-electron chi connectivity index (χ4n) is 1.44. The molecule has 0 fully saturated rings. The van der Waals surface area contributed by atoms with Gasteiger partial charge in [0.1, 0.15) is 0 Å². The summed E-state index contributed by atoms with van der Waals surface area (Å²) in [6.45, 7) is 0. The van der Waals surface area contributed by atoms with E-state index in [4.69, 9.17) is 5.73 Å². The third-order valence-electron chi connectivity index (χ3n) is 2.14. The quantitative estimate of drug-likeness (QED) is 0.664. The number of amides is 2. The Balaban J connectivity index is 2.49. The van der Waals surface area contributed by atoms with Gasteiger partial charge in [-0.05, 0) is 23.8 Å². The maximum Gasteiger partial charge on any atom is 0.259 e. The van der Waals surface area contributed by atoms with Gasteiger partial charge < -0.3 is 5.73 Å². The molecule has 1 aliphatic heterocycles. The van der Waals surface area contributed by atoms with E-state index in [1.807, 2.05) is 0 Å². The van der Waals surface area contributed by atoms with Gasteiger partial charge in [-0.25, -0.2) is 0 Å². The number of carbonyl (C=O) groups excluding carboxylic acids is 2. The van der Waals surface area contributed by atoms with Crippen LogP contribution in [0.3, 0.4) is 0 Å². The molecule has 72 valence electrons. The van der Waals surface area contributed by atoms with Gasteiger partial charge in [-0.15, -0.1) is 5.12 Å². The van der Waals surface area contributed by atoms with Crippen molar-refractivity contribution in [3.05, 3.63) is 29.3 Å². The number of fused-ring (bicyclic) bond motifs is 1. The molecule has 0 aromatic heterocycles. The molecule has 4 nitrogen and oxygen atoms in total. The standard InChI is InChI=1S/C9H7FN2O2/c10-12-7-2-1-5(9(11)14)3-6(7)4-8(12)13/h1-3H,4H2,(H2,11,14). The van der Waals surface area contributed by atoms with Gasteiger partial charge in [0.15, 0.2) is 0 Å². The highest BCUT2D eigenvalue weighted by atomic mass is 19.2. The normalized spacial score (nSPS) is 14.4. The number of benzene rings is 1. The van der Waals surface area contributed by atoms with Crippen molar-refractivity contribution < 1.29 is 14.1 Å². The first kappa shape index (κ1) is 8.68. The first-order valence-corrected chi connectivity index (χ1v) is 4.01. The molecule has 1 aromatic rings. The SMILES string of the molecule is NC(=O)c1ccc2c(c1)CC(=O)N2F. The molecule has 2 N–H and O–H groups in total. The third kappa shape index (κ3) is 1.14. The van der Waals surface area contributed by atoms with Crippen molar-refractivity contribution in [2.24, 2.45) is 5.73 Å². The number of carbonyl (C=O) groups is 2. The Hall–Kier alpha value is -1.91. The zero-order valence-corrected chi connectivity index (χ0v) is 7.16. The summed E-state index contributed by atoms with van der Waals surface area (Å²) in [5.74, 6) is -1.21. The molecular formula is C9H7FN2O2. The lowest BCUT2D eigenvalue weighted by Gasteiger charge is -2.04. The van der Waals surface area contributed by atoms with Gasteiger partial charge in [-0.1, -0.05) is 4.48 Å². The number of nitrogens with zero attached hydrogens (tertiary/aromatic N) is 1. The lowest BCUT2D eigenvalue weighted by Crippen LogP contribution is -2.15. The van der Waals surface area contributed by atoms with Crippen LogP contribution in [0.2, 0.25) is 0 Å². The zero-order valence-electron chi connectivity index (χ0n) is 7.16. The minimum atomic E-state index is -0.623. The molecule has 0 aliphatic carbocycles. The van der Waals surface area contributed by atoms with E-state index >= 15 is 0 Å². The van der Waals surface area contributed by atoms with Gasteiger partial charge in [0.2, 0.25) is 5.91 Å². The van der Waals surface area contributed by atoms with Crippen LogP contribution in [0.25, 0.3) is 0 Å². The van der Waals surface area contributed by atoms with E-state index in [1.165, 1.54) is 18.2 Å². The van der Waals surface area contributed by atoms with E-state index in [1.54, 1.807) is 0 Å². The van der Waals surface area contributed by atoms with Crippen LogP contribution < -0.4 is 10.9 Å². The Labute approximate surface area is 79.0 Å². The molecule has 5 heteroatoms. The van der Waals surface area contributed by atoms with Crippen molar-refractivity contribution in [2.75, 3.05) is 5.12 Å². The summed E-state index contributed by atoms with van der Waals surface area (Å²) in [5.41, 5.74) is 6.02. The molecule has 2 amide bonds. The Morgan fingerprint density at radius 3 is 2.86 bits per heavy atom. The summed E-state index contributed by atoms with van der Waals surface area (Å²) in [7, 11) is 0. The molecule has 0 saturated heterocycles. The van der Waals surface area contributed by atoms with Crippen LogP contribution in [0.5, 0.6) is 0 Å².